The maximum atomic E-state index is 10.3. The first kappa shape index (κ1) is 17.7. The van der Waals surface area contributed by atoms with E-state index in [4.69, 9.17) is 28.5 Å². The van der Waals surface area contributed by atoms with Crippen LogP contribution < -0.4 is 0 Å². The average molecular weight is 348 g/mol. The minimum absolute atomic E-state index is 0.176. The molecule has 2 aromatic carbocycles. The molecule has 2 nitrogen and oxygen atoms in total. The number of phenols is 1. The molecule has 0 aromatic heterocycles. The molecule has 0 fully saturated rings. The second kappa shape index (κ2) is 6.43. The van der Waals surface area contributed by atoms with Crippen LogP contribution in [0.5, 0.6) is 5.75 Å². The number of aromatic hydroxyl groups is 1. The van der Waals surface area contributed by atoms with Gasteiger partial charge in [-0.1, -0.05) is 50.9 Å². The normalized spacial score (nSPS) is 11.6. The van der Waals surface area contributed by atoms with Crippen molar-refractivity contribution in [3.05, 3.63) is 62.6 Å². The van der Waals surface area contributed by atoms with E-state index in [0.717, 1.165) is 16.7 Å². The maximum absolute atomic E-state index is 10.3. The summed E-state index contributed by atoms with van der Waals surface area (Å²) in [4.78, 5) is 0. The maximum Gasteiger partial charge on any atom is 0.119 e. The molecule has 23 heavy (non-hydrogen) atoms. The molecule has 2 aromatic rings. The van der Waals surface area contributed by atoms with E-state index in [1.807, 2.05) is 27.7 Å². The fourth-order valence-electron chi connectivity index (χ4n) is 2.74. The molecule has 4 heteroatoms. The number of rotatable bonds is 3. The van der Waals surface area contributed by atoms with Gasteiger partial charge in [0.1, 0.15) is 5.75 Å². The highest BCUT2D eigenvalue weighted by molar-refractivity contribution is 6.32. The number of phenolic OH excluding ortho intramolecular Hbond substituents is 1. The number of nitriles is 1. The van der Waals surface area contributed by atoms with Gasteiger partial charge in [-0.2, -0.15) is 5.26 Å². The van der Waals surface area contributed by atoms with Crippen molar-refractivity contribution in [1.82, 2.24) is 0 Å². The highest BCUT2D eigenvalue weighted by Crippen LogP contribution is 2.42. The lowest BCUT2D eigenvalue weighted by molar-refractivity contribution is 0.462. The Labute approximate surface area is 147 Å². The first-order chi connectivity index (χ1) is 10.7. The molecule has 0 aliphatic rings. The zero-order chi connectivity index (χ0) is 17.4. The van der Waals surface area contributed by atoms with Gasteiger partial charge in [-0.3, -0.25) is 0 Å². The summed E-state index contributed by atoms with van der Waals surface area (Å²) >= 11 is 12.8. The highest BCUT2D eigenvalue weighted by Gasteiger charge is 2.29. The van der Waals surface area contributed by atoms with Crippen molar-refractivity contribution in [2.45, 2.75) is 39.0 Å². The fraction of sp³-hybridized carbons (Fsp3) is 0.316. The second-order valence-electron chi connectivity index (χ2n) is 6.48. The van der Waals surface area contributed by atoms with Crippen LogP contribution in [0.3, 0.4) is 0 Å². The molecule has 0 saturated carbocycles. The molecule has 120 valence electrons. The van der Waals surface area contributed by atoms with Gasteiger partial charge in [0.05, 0.1) is 11.6 Å². The predicted octanol–water partition coefficient (Wildman–Crippen LogP) is 6.02. The van der Waals surface area contributed by atoms with Crippen molar-refractivity contribution in [3.8, 4) is 11.8 Å². The smallest absolute Gasteiger partial charge is 0.119 e. The van der Waals surface area contributed by atoms with E-state index in [1.165, 1.54) is 0 Å². The number of nitrogens with zero attached hydrogens (tertiary/aromatic N) is 1. The van der Waals surface area contributed by atoms with Crippen molar-refractivity contribution in [3.63, 3.8) is 0 Å². The largest absolute Gasteiger partial charge is 0.508 e. The van der Waals surface area contributed by atoms with Gasteiger partial charge >= 0.3 is 0 Å². The molecular formula is C19H19Cl2NO. The van der Waals surface area contributed by atoms with E-state index in [0.29, 0.717) is 15.6 Å². The van der Waals surface area contributed by atoms with Crippen LogP contribution in [0.1, 0.15) is 55.9 Å². The minimum atomic E-state index is -0.548. The summed E-state index contributed by atoms with van der Waals surface area (Å²) in [6, 6.07) is 10.8. The van der Waals surface area contributed by atoms with Crippen LogP contribution in [-0.2, 0) is 5.41 Å². The lowest BCUT2D eigenvalue weighted by Crippen LogP contribution is -2.20. The van der Waals surface area contributed by atoms with E-state index < -0.39 is 5.41 Å². The van der Waals surface area contributed by atoms with Gasteiger partial charge in [0.2, 0.25) is 0 Å². The van der Waals surface area contributed by atoms with Crippen molar-refractivity contribution >= 4 is 23.2 Å². The Kier molecular flexibility index (Phi) is 4.94. The van der Waals surface area contributed by atoms with Crippen molar-refractivity contribution in [2.75, 3.05) is 0 Å². The number of benzene rings is 2. The Hall–Kier alpha value is -1.69. The topological polar surface area (TPSA) is 44.0 Å². The summed E-state index contributed by atoms with van der Waals surface area (Å²) in [7, 11) is 0. The Bertz CT molecular complexity index is 789. The molecular weight excluding hydrogens is 329 g/mol. The van der Waals surface area contributed by atoms with E-state index in [2.05, 4.69) is 6.07 Å². The van der Waals surface area contributed by atoms with Gasteiger partial charge < -0.3 is 5.11 Å². The van der Waals surface area contributed by atoms with Gasteiger partial charge in [-0.25, -0.2) is 0 Å². The minimum Gasteiger partial charge on any atom is -0.508 e. The Morgan fingerprint density at radius 3 is 2.22 bits per heavy atom. The molecule has 0 radical (unpaired) electrons. The van der Waals surface area contributed by atoms with Crippen LogP contribution in [0.2, 0.25) is 10.0 Å². The molecule has 0 aliphatic carbocycles. The van der Waals surface area contributed by atoms with Gasteiger partial charge in [-0.05, 0) is 52.9 Å². The van der Waals surface area contributed by atoms with Crippen LogP contribution >= 0.6 is 23.2 Å². The average Bonchev–Trinajstić information content (AvgIpc) is 2.49. The fourth-order valence-corrected chi connectivity index (χ4v) is 3.50. The van der Waals surface area contributed by atoms with Gasteiger partial charge in [0.15, 0.2) is 0 Å². The first-order valence-electron chi connectivity index (χ1n) is 7.41. The van der Waals surface area contributed by atoms with Gasteiger partial charge in [0.25, 0.3) is 0 Å². The van der Waals surface area contributed by atoms with Crippen LogP contribution in [0, 0.1) is 11.3 Å². The number of hydrogen-bond acceptors (Lipinski definition) is 2. The third-order valence-corrected chi connectivity index (χ3v) is 4.82. The molecule has 1 N–H and O–H groups in total. The molecule has 0 spiro atoms. The number of halogens is 2. The number of hydrogen-bond donors (Lipinski definition) is 1. The zero-order valence-corrected chi connectivity index (χ0v) is 15.1. The van der Waals surface area contributed by atoms with Crippen molar-refractivity contribution in [2.24, 2.45) is 0 Å². The summed E-state index contributed by atoms with van der Waals surface area (Å²) in [6.45, 7) is 7.96. The predicted molar refractivity (Wildman–Crippen MR) is 95.5 cm³/mol. The quantitative estimate of drug-likeness (QED) is 0.737. The monoisotopic (exact) mass is 347 g/mol. The Morgan fingerprint density at radius 2 is 1.65 bits per heavy atom. The summed E-state index contributed by atoms with van der Waals surface area (Å²) in [6.07, 6.45) is 0. The van der Waals surface area contributed by atoms with Gasteiger partial charge in [-0.15, -0.1) is 0 Å². The van der Waals surface area contributed by atoms with Crippen molar-refractivity contribution in [1.29, 1.82) is 5.26 Å². The van der Waals surface area contributed by atoms with Crippen LogP contribution in [0.15, 0.2) is 30.3 Å². The molecule has 0 amide bonds. The lowest BCUT2D eigenvalue weighted by atomic mass is 9.77. The standard InChI is InChI=1S/C19H19Cl2NO/c1-11(2)13-8-17(21)15(9-18(13)23)19(3,4)14-7-12(10-22)5-6-16(14)20/h5-9,11,23H,1-4H3. The highest BCUT2D eigenvalue weighted by atomic mass is 35.5. The van der Waals surface area contributed by atoms with E-state index in [-0.39, 0.29) is 11.7 Å². The summed E-state index contributed by atoms with van der Waals surface area (Å²) in [5.74, 6) is 0.398. The van der Waals surface area contributed by atoms with Crippen LogP contribution in [-0.4, -0.2) is 5.11 Å². The molecule has 0 atom stereocenters. The zero-order valence-electron chi connectivity index (χ0n) is 13.6. The van der Waals surface area contributed by atoms with E-state index >= 15 is 0 Å². The van der Waals surface area contributed by atoms with E-state index in [1.54, 1.807) is 30.3 Å². The third kappa shape index (κ3) is 3.32. The second-order valence-corrected chi connectivity index (χ2v) is 7.29. The van der Waals surface area contributed by atoms with Crippen LogP contribution in [0.25, 0.3) is 0 Å². The third-order valence-electron chi connectivity index (χ3n) is 4.18. The molecule has 0 bridgehead atoms. The van der Waals surface area contributed by atoms with Crippen molar-refractivity contribution < 1.29 is 5.11 Å². The lowest BCUT2D eigenvalue weighted by Gasteiger charge is -2.29. The van der Waals surface area contributed by atoms with E-state index in [9.17, 15) is 5.11 Å². The summed E-state index contributed by atoms with van der Waals surface area (Å²) in [5.41, 5.74) is 2.38. The Balaban J connectivity index is 2.65. The molecule has 0 unspecified atom stereocenters. The summed E-state index contributed by atoms with van der Waals surface area (Å²) < 4.78 is 0. The SMILES string of the molecule is CC(C)c1cc(Cl)c(C(C)(C)c2cc(C#N)ccc2Cl)cc1O. The van der Waals surface area contributed by atoms with Crippen LogP contribution in [0.4, 0.5) is 0 Å². The Morgan fingerprint density at radius 1 is 1.04 bits per heavy atom. The molecule has 0 heterocycles. The van der Waals surface area contributed by atoms with Gasteiger partial charge in [0, 0.05) is 15.5 Å². The molecule has 0 saturated heterocycles. The molecule has 2 rings (SSSR count). The summed E-state index contributed by atoms with van der Waals surface area (Å²) in [5, 5.41) is 20.6. The first-order valence-corrected chi connectivity index (χ1v) is 8.17. The molecule has 0 aliphatic heterocycles.